The first-order chi connectivity index (χ1) is 8.63. The Morgan fingerprint density at radius 3 is 2.17 bits per heavy atom. The van der Waals surface area contributed by atoms with Crippen LogP contribution in [-0.4, -0.2) is 36.6 Å². The van der Waals surface area contributed by atoms with Crippen molar-refractivity contribution in [3.63, 3.8) is 0 Å². The smallest absolute Gasteiger partial charge is 0.317 e. The van der Waals surface area contributed by atoms with Crippen molar-refractivity contribution in [2.24, 2.45) is 23.5 Å². The van der Waals surface area contributed by atoms with Crippen LogP contribution in [0.5, 0.6) is 0 Å². The van der Waals surface area contributed by atoms with Crippen LogP contribution in [0.15, 0.2) is 0 Å². The van der Waals surface area contributed by atoms with Crippen LogP contribution in [-0.2, 0) is 0 Å². The summed E-state index contributed by atoms with van der Waals surface area (Å²) in [5.74, 6) is 2.63. The van der Waals surface area contributed by atoms with Crippen molar-refractivity contribution in [1.29, 1.82) is 0 Å². The van der Waals surface area contributed by atoms with Gasteiger partial charge in [-0.2, -0.15) is 0 Å². The molecule has 0 unspecified atom stereocenters. The van der Waals surface area contributed by atoms with Crippen LogP contribution in [0.2, 0.25) is 0 Å². The summed E-state index contributed by atoms with van der Waals surface area (Å²) in [5, 5.41) is 2.92. The summed E-state index contributed by atoms with van der Waals surface area (Å²) in [7, 11) is 1.99. The first kappa shape index (κ1) is 12.3. The summed E-state index contributed by atoms with van der Waals surface area (Å²) >= 11 is 0. The van der Waals surface area contributed by atoms with Crippen molar-refractivity contribution in [3.8, 4) is 0 Å². The SMILES string of the molecule is CN(C(=O)NCCN)C12CC3CC(CC(C3)C1)C2. The van der Waals surface area contributed by atoms with Gasteiger partial charge in [-0.1, -0.05) is 0 Å². The molecule has 0 aromatic heterocycles. The Balaban J connectivity index is 1.72. The molecule has 0 aliphatic heterocycles. The first-order valence-corrected chi connectivity index (χ1v) is 7.35. The first-order valence-electron chi connectivity index (χ1n) is 7.35. The van der Waals surface area contributed by atoms with E-state index in [1.165, 1.54) is 38.5 Å². The summed E-state index contributed by atoms with van der Waals surface area (Å²) in [6, 6.07) is 0.0717. The molecule has 4 saturated carbocycles. The molecular weight excluding hydrogens is 226 g/mol. The summed E-state index contributed by atoms with van der Waals surface area (Å²) in [6.07, 6.45) is 7.93. The predicted molar refractivity (Wildman–Crippen MR) is 71.1 cm³/mol. The summed E-state index contributed by atoms with van der Waals surface area (Å²) in [6.45, 7) is 1.09. The minimum absolute atomic E-state index is 0.0717. The molecule has 4 aliphatic carbocycles. The zero-order chi connectivity index (χ0) is 12.8. The molecule has 0 radical (unpaired) electrons. The van der Waals surface area contributed by atoms with Crippen molar-refractivity contribution >= 4 is 6.03 Å². The zero-order valence-corrected chi connectivity index (χ0v) is 11.3. The average molecular weight is 251 g/mol. The van der Waals surface area contributed by atoms with Crippen LogP contribution in [0.25, 0.3) is 0 Å². The van der Waals surface area contributed by atoms with Crippen molar-refractivity contribution in [1.82, 2.24) is 10.2 Å². The molecule has 102 valence electrons. The largest absolute Gasteiger partial charge is 0.337 e. The molecule has 4 nitrogen and oxygen atoms in total. The van der Waals surface area contributed by atoms with Crippen LogP contribution < -0.4 is 11.1 Å². The fourth-order valence-electron chi connectivity index (χ4n) is 4.99. The zero-order valence-electron chi connectivity index (χ0n) is 11.3. The van der Waals surface area contributed by atoms with E-state index >= 15 is 0 Å². The van der Waals surface area contributed by atoms with Gasteiger partial charge in [-0.05, 0) is 56.3 Å². The van der Waals surface area contributed by atoms with Gasteiger partial charge in [-0.25, -0.2) is 4.79 Å². The van der Waals surface area contributed by atoms with Gasteiger partial charge in [0.1, 0.15) is 0 Å². The second-order valence-corrected chi connectivity index (χ2v) is 6.72. The molecule has 3 N–H and O–H groups in total. The fourth-order valence-corrected chi connectivity index (χ4v) is 4.99. The van der Waals surface area contributed by atoms with Gasteiger partial charge in [0.05, 0.1) is 0 Å². The predicted octanol–water partition coefficient (Wildman–Crippen LogP) is 1.56. The molecule has 0 saturated heterocycles. The van der Waals surface area contributed by atoms with Gasteiger partial charge in [0.15, 0.2) is 0 Å². The highest BCUT2D eigenvalue weighted by Crippen LogP contribution is 2.57. The topological polar surface area (TPSA) is 58.4 Å². The van der Waals surface area contributed by atoms with Gasteiger partial charge in [0.25, 0.3) is 0 Å². The van der Waals surface area contributed by atoms with Crippen molar-refractivity contribution in [2.75, 3.05) is 20.1 Å². The Hall–Kier alpha value is -0.770. The third kappa shape index (κ3) is 1.91. The Kier molecular flexibility index (Phi) is 3.00. The highest BCUT2D eigenvalue weighted by Gasteiger charge is 2.53. The van der Waals surface area contributed by atoms with E-state index < -0.39 is 0 Å². The number of carbonyl (C=O) groups excluding carboxylic acids is 1. The van der Waals surface area contributed by atoms with Crippen LogP contribution in [0, 0.1) is 17.8 Å². The second-order valence-electron chi connectivity index (χ2n) is 6.72. The fraction of sp³-hybridized carbons (Fsp3) is 0.929. The number of hydrogen-bond acceptors (Lipinski definition) is 2. The summed E-state index contributed by atoms with van der Waals surface area (Å²) < 4.78 is 0. The molecule has 0 spiro atoms. The molecule has 4 fully saturated rings. The van der Waals surface area contributed by atoms with Crippen LogP contribution in [0.1, 0.15) is 38.5 Å². The van der Waals surface area contributed by atoms with E-state index in [1.54, 1.807) is 0 Å². The van der Waals surface area contributed by atoms with E-state index in [-0.39, 0.29) is 11.6 Å². The van der Waals surface area contributed by atoms with Crippen LogP contribution in [0.3, 0.4) is 0 Å². The van der Waals surface area contributed by atoms with E-state index in [4.69, 9.17) is 5.73 Å². The lowest BCUT2D eigenvalue weighted by atomic mass is 9.52. The lowest BCUT2D eigenvalue weighted by Crippen LogP contribution is -2.62. The molecule has 0 heterocycles. The van der Waals surface area contributed by atoms with E-state index in [1.807, 2.05) is 11.9 Å². The number of nitrogens with two attached hydrogens (primary N) is 1. The van der Waals surface area contributed by atoms with Crippen molar-refractivity contribution in [2.45, 2.75) is 44.1 Å². The highest BCUT2D eigenvalue weighted by molar-refractivity contribution is 5.74. The van der Waals surface area contributed by atoms with Crippen LogP contribution >= 0.6 is 0 Å². The van der Waals surface area contributed by atoms with E-state index in [0.29, 0.717) is 13.1 Å². The van der Waals surface area contributed by atoms with Crippen LogP contribution in [0.4, 0.5) is 4.79 Å². The number of amides is 2. The van der Waals surface area contributed by atoms with Gasteiger partial charge in [-0.15, -0.1) is 0 Å². The third-order valence-corrected chi connectivity index (χ3v) is 5.44. The number of hydrogen-bond donors (Lipinski definition) is 2. The Labute approximate surface area is 109 Å². The number of nitrogens with zero attached hydrogens (tertiary/aromatic N) is 1. The average Bonchev–Trinajstić information content (AvgIpc) is 2.33. The molecular formula is C14H25N3O. The summed E-state index contributed by atoms with van der Waals surface area (Å²) in [4.78, 5) is 14.2. The molecule has 4 aliphatic rings. The normalized spacial score (nSPS) is 40.9. The number of nitrogens with one attached hydrogen (secondary N) is 1. The van der Waals surface area contributed by atoms with Gasteiger partial charge >= 0.3 is 6.03 Å². The number of urea groups is 1. The Morgan fingerprint density at radius 2 is 1.72 bits per heavy atom. The maximum Gasteiger partial charge on any atom is 0.317 e. The minimum atomic E-state index is 0.0717. The molecule has 4 heteroatoms. The van der Waals surface area contributed by atoms with E-state index in [9.17, 15) is 4.79 Å². The quantitative estimate of drug-likeness (QED) is 0.799. The monoisotopic (exact) mass is 251 g/mol. The van der Waals surface area contributed by atoms with Gasteiger partial charge in [-0.3, -0.25) is 0 Å². The molecule has 4 rings (SSSR count). The maximum atomic E-state index is 12.2. The minimum Gasteiger partial charge on any atom is -0.337 e. The van der Waals surface area contributed by atoms with Gasteiger partial charge in [0.2, 0.25) is 0 Å². The molecule has 0 aromatic rings. The molecule has 2 amide bonds. The molecule has 0 aromatic carbocycles. The Bertz CT molecular complexity index is 307. The Morgan fingerprint density at radius 1 is 1.22 bits per heavy atom. The standard InChI is InChI=1S/C14H25N3O/c1-17(13(18)16-3-2-15)14-7-10-4-11(8-14)6-12(5-10)9-14/h10-12H,2-9,15H2,1H3,(H,16,18). The molecule has 18 heavy (non-hydrogen) atoms. The van der Waals surface area contributed by atoms with Gasteiger partial charge < -0.3 is 16.0 Å². The molecule has 4 bridgehead atoms. The molecule has 0 atom stereocenters. The second kappa shape index (κ2) is 4.41. The maximum absolute atomic E-state index is 12.2. The number of carbonyl (C=O) groups is 1. The van der Waals surface area contributed by atoms with E-state index in [0.717, 1.165) is 17.8 Å². The highest BCUT2D eigenvalue weighted by atomic mass is 16.2. The van der Waals surface area contributed by atoms with E-state index in [2.05, 4.69) is 5.32 Å². The van der Waals surface area contributed by atoms with Crippen molar-refractivity contribution < 1.29 is 4.79 Å². The van der Waals surface area contributed by atoms with Crippen molar-refractivity contribution in [3.05, 3.63) is 0 Å². The number of rotatable bonds is 3. The lowest BCUT2D eigenvalue weighted by Gasteiger charge is -2.59. The van der Waals surface area contributed by atoms with Gasteiger partial charge in [0, 0.05) is 25.7 Å². The summed E-state index contributed by atoms with van der Waals surface area (Å²) in [5.41, 5.74) is 5.61. The lowest BCUT2D eigenvalue weighted by molar-refractivity contribution is -0.0621. The third-order valence-electron chi connectivity index (χ3n) is 5.44.